The minimum atomic E-state index is -0.478. The molecule has 9 aromatic rings. The Morgan fingerprint density at radius 1 is 0.268 bits per heavy atom. The fourth-order valence-electron chi connectivity index (χ4n) is 9.92. The van der Waals surface area contributed by atoms with Crippen LogP contribution in [0.15, 0.2) is 219 Å². The molecule has 56 heavy (non-hydrogen) atoms. The Morgan fingerprint density at radius 2 is 0.589 bits per heavy atom. The molecular formula is C54H36N2. The maximum Gasteiger partial charge on any atom is 0.116 e. The molecule has 0 saturated carbocycles. The molecule has 11 rings (SSSR count). The largest absolute Gasteiger partial charge is 0.236 e. The molecule has 0 unspecified atom stereocenters. The van der Waals surface area contributed by atoms with Gasteiger partial charge in [0.1, 0.15) is 6.33 Å². The van der Waals surface area contributed by atoms with Gasteiger partial charge < -0.3 is 0 Å². The number of fused-ring (bicyclic) bond motifs is 6. The second-order valence-electron chi connectivity index (χ2n) is 14.9. The topological polar surface area (TPSA) is 25.8 Å². The van der Waals surface area contributed by atoms with Gasteiger partial charge in [0.05, 0.1) is 22.2 Å². The van der Waals surface area contributed by atoms with Gasteiger partial charge in [-0.25, -0.2) is 9.97 Å². The van der Waals surface area contributed by atoms with Gasteiger partial charge in [0.25, 0.3) is 0 Å². The highest BCUT2D eigenvalue weighted by Crippen LogP contribution is 2.57. The Bertz CT molecular complexity index is 2640. The summed E-state index contributed by atoms with van der Waals surface area (Å²) < 4.78 is 0. The van der Waals surface area contributed by atoms with Crippen molar-refractivity contribution >= 4 is 0 Å². The summed E-state index contributed by atoms with van der Waals surface area (Å²) in [7, 11) is 0. The predicted molar refractivity (Wildman–Crippen MR) is 228 cm³/mol. The van der Waals surface area contributed by atoms with Crippen molar-refractivity contribution < 1.29 is 0 Å². The van der Waals surface area contributed by atoms with E-state index in [4.69, 9.17) is 9.97 Å². The summed E-state index contributed by atoms with van der Waals surface area (Å²) in [6, 6.07) is 77.5. The van der Waals surface area contributed by atoms with E-state index in [1.54, 1.807) is 6.33 Å². The Morgan fingerprint density at radius 3 is 0.964 bits per heavy atom. The third-order valence-electron chi connectivity index (χ3n) is 12.2. The van der Waals surface area contributed by atoms with Crippen molar-refractivity contribution in [3.8, 4) is 44.8 Å². The second-order valence-corrected chi connectivity index (χ2v) is 14.9. The minimum absolute atomic E-state index is 0.478. The normalized spacial score (nSPS) is 14.0. The Kier molecular flexibility index (Phi) is 7.33. The van der Waals surface area contributed by atoms with Crippen LogP contribution in [0.1, 0.15) is 44.5 Å². The van der Waals surface area contributed by atoms with Crippen LogP contribution in [-0.4, -0.2) is 9.97 Å². The zero-order valence-corrected chi connectivity index (χ0v) is 30.7. The molecule has 0 atom stereocenters. The fourth-order valence-corrected chi connectivity index (χ4v) is 9.92. The first-order valence-corrected chi connectivity index (χ1v) is 19.3. The van der Waals surface area contributed by atoms with Gasteiger partial charge in [0.2, 0.25) is 0 Å². The van der Waals surface area contributed by atoms with Crippen LogP contribution in [0.2, 0.25) is 0 Å². The van der Waals surface area contributed by atoms with Crippen LogP contribution in [0, 0.1) is 0 Å². The molecule has 0 fully saturated rings. The number of aromatic nitrogens is 2. The van der Waals surface area contributed by atoms with Crippen LogP contribution in [0.4, 0.5) is 0 Å². The third-order valence-corrected chi connectivity index (χ3v) is 12.2. The first-order valence-electron chi connectivity index (χ1n) is 19.3. The van der Waals surface area contributed by atoms with E-state index >= 15 is 0 Å². The summed E-state index contributed by atoms with van der Waals surface area (Å²) >= 11 is 0. The van der Waals surface area contributed by atoms with E-state index in [1.807, 2.05) is 0 Å². The van der Waals surface area contributed by atoms with Crippen LogP contribution in [0.5, 0.6) is 0 Å². The zero-order valence-electron chi connectivity index (χ0n) is 30.7. The van der Waals surface area contributed by atoms with E-state index in [1.165, 1.54) is 66.8 Å². The van der Waals surface area contributed by atoms with Gasteiger partial charge in [0.15, 0.2) is 0 Å². The van der Waals surface area contributed by atoms with Crippen LogP contribution in [0.3, 0.4) is 0 Å². The first kappa shape index (κ1) is 32.3. The summed E-state index contributed by atoms with van der Waals surface area (Å²) in [5.41, 5.74) is 18.2. The number of rotatable bonds is 6. The van der Waals surface area contributed by atoms with Gasteiger partial charge in [-0.3, -0.25) is 0 Å². The highest BCUT2D eigenvalue weighted by Gasteiger charge is 2.47. The van der Waals surface area contributed by atoms with E-state index in [0.717, 1.165) is 22.5 Å². The van der Waals surface area contributed by atoms with Crippen LogP contribution < -0.4 is 0 Å². The Balaban J connectivity index is 1.06. The van der Waals surface area contributed by atoms with Gasteiger partial charge >= 0.3 is 0 Å². The number of hydrogen-bond donors (Lipinski definition) is 0. The molecule has 2 heteroatoms. The molecule has 2 aliphatic carbocycles. The average molecular weight is 713 g/mol. The molecule has 1 aromatic heterocycles. The Hall–Kier alpha value is -7.16. The van der Waals surface area contributed by atoms with Crippen molar-refractivity contribution in [1.82, 2.24) is 9.97 Å². The molecule has 0 N–H and O–H groups in total. The average Bonchev–Trinajstić information content (AvgIpc) is 3.76. The summed E-state index contributed by atoms with van der Waals surface area (Å²) in [5.74, 6) is 0. The summed E-state index contributed by atoms with van der Waals surface area (Å²) in [6.45, 7) is 0. The third kappa shape index (κ3) is 4.56. The highest BCUT2D eigenvalue weighted by molar-refractivity contribution is 5.88. The lowest BCUT2D eigenvalue weighted by Crippen LogP contribution is -2.28. The first-order chi connectivity index (χ1) is 27.8. The van der Waals surface area contributed by atoms with Gasteiger partial charge in [-0.2, -0.15) is 0 Å². The second kappa shape index (κ2) is 12.7. The lowest BCUT2D eigenvalue weighted by atomic mass is 9.67. The van der Waals surface area contributed by atoms with E-state index < -0.39 is 10.8 Å². The molecule has 262 valence electrons. The smallest absolute Gasteiger partial charge is 0.116 e. The molecule has 0 saturated heterocycles. The van der Waals surface area contributed by atoms with E-state index in [0.29, 0.717) is 0 Å². The zero-order chi connectivity index (χ0) is 37.1. The maximum absolute atomic E-state index is 4.90. The molecule has 0 spiro atoms. The van der Waals surface area contributed by atoms with Crippen LogP contribution in [-0.2, 0) is 10.8 Å². The SMILES string of the molecule is c1ccc(C2(c3cccc(-c4cc(-c5cccc(C6(c7ccccc7)c7ccccc7-c7ccccc76)c5)ncn4)c3)c3ccccc3-c3ccccc32)cc1. The van der Waals surface area contributed by atoms with E-state index in [2.05, 4.69) is 212 Å². The Labute approximate surface area is 327 Å². The van der Waals surface area contributed by atoms with Gasteiger partial charge in [-0.15, -0.1) is 0 Å². The number of hydrogen-bond acceptors (Lipinski definition) is 2. The van der Waals surface area contributed by atoms with Crippen LogP contribution >= 0.6 is 0 Å². The number of benzene rings is 8. The van der Waals surface area contributed by atoms with Crippen molar-refractivity contribution in [3.63, 3.8) is 0 Å². The van der Waals surface area contributed by atoms with Crippen molar-refractivity contribution in [2.45, 2.75) is 10.8 Å². The van der Waals surface area contributed by atoms with Gasteiger partial charge in [-0.1, -0.05) is 194 Å². The molecule has 8 aromatic carbocycles. The van der Waals surface area contributed by atoms with Crippen molar-refractivity contribution in [2.24, 2.45) is 0 Å². The number of nitrogens with zero attached hydrogens (tertiary/aromatic N) is 2. The molecule has 2 nitrogen and oxygen atoms in total. The van der Waals surface area contributed by atoms with Gasteiger partial charge in [0, 0.05) is 11.1 Å². The van der Waals surface area contributed by atoms with Gasteiger partial charge in [-0.05, 0) is 85.0 Å². The van der Waals surface area contributed by atoms with E-state index in [9.17, 15) is 0 Å². The monoisotopic (exact) mass is 712 g/mol. The lowest BCUT2D eigenvalue weighted by Gasteiger charge is -2.34. The summed E-state index contributed by atoms with van der Waals surface area (Å²) in [4.78, 5) is 9.79. The summed E-state index contributed by atoms with van der Waals surface area (Å²) in [6.07, 6.45) is 1.71. The molecule has 2 aliphatic rings. The van der Waals surface area contributed by atoms with Crippen molar-refractivity contribution in [2.75, 3.05) is 0 Å². The molecule has 1 heterocycles. The van der Waals surface area contributed by atoms with Crippen LogP contribution in [0.25, 0.3) is 44.8 Å². The molecule has 0 bridgehead atoms. The minimum Gasteiger partial charge on any atom is -0.236 e. The highest BCUT2D eigenvalue weighted by atomic mass is 14.8. The molecule has 0 aliphatic heterocycles. The fraction of sp³-hybridized carbons (Fsp3) is 0.0370. The lowest BCUT2D eigenvalue weighted by molar-refractivity contribution is 0.768. The predicted octanol–water partition coefficient (Wildman–Crippen LogP) is 12.5. The van der Waals surface area contributed by atoms with Crippen molar-refractivity contribution in [3.05, 3.63) is 263 Å². The molecule has 0 radical (unpaired) electrons. The van der Waals surface area contributed by atoms with E-state index in [-0.39, 0.29) is 0 Å². The maximum atomic E-state index is 4.90. The van der Waals surface area contributed by atoms with Crippen molar-refractivity contribution in [1.29, 1.82) is 0 Å². The summed E-state index contributed by atoms with van der Waals surface area (Å²) in [5, 5.41) is 0. The molecular weight excluding hydrogens is 677 g/mol. The quantitative estimate of drug-likeness (QED) is 0.172. The molecule has 0 amide bonds. The standard InChI is InChI=1S/C54H36N2/c1-3-19-39(20-4-1)53(47-29-11-7-25-43(47)44-26-8-12-30-48(44)53)41-23-15-17-37(33-41)51-35-52(56-36-55-51)38-18-16-24-42(34-38)54(40-21-5-2-6-22-40)49-31-13-9-27-45(49)46-28-10-14-32-50(46)54/h1-36H.